The van der Waals surface area contributed by atoms with Gasteiger partial charge in [-0.15, -0.1) is 0 Å². The monoisotopic (exact) mass is 266 g/mol. The summed E-state index contributed by atoms with van der Waals surface area (Å²) in [6.45, 7) is 5.08. The highest BCUT2D eigenvalue weighted by Gasteiger charge is 2.27. The number of rotatable bonds is 3. The van der Waals surface area contributed by atoms with Crippen molar-refractivity contribution in [3.8, 4) is 0 Å². The molecule has 0 aliphatic carbocycles. The number of carbonyl (C=O) groups is 1. The molecule has 0 saturated carbocycles. The second-order valence-electron chi connectivity index (χ2n) is 5.28. The molecule has 2 rings (SSSR count). The molecule has 0 radical (unpaired) electrons. The highest BCUT2D eigenvalue weighted by molar-refractivity contribution is 5.73. The van der Waals surface area contributed by atoms with Crippen LogP contribution in [0.3, 0.4) is 0 Å². The van der Waals surface area contributed by atoms with Gasteiger partial charge in [-0.1, -0.05) is 19.3 Å². The molecule has 0 spiro atoms. The van der Waals surface area contributed by atoms with Gasteiger partial charge in [0.05, 0.1) is 12.2 Å². The Balaban J connectivity index is 2.10. The van der Waals surface area contributed by atoms with Crippen molar-refractivity contribution in [1.82, 2.24) is 9.88 Å². The van der Waals surface area contributed by atoms with Crippen LogP contribution >= 0.6 is 0 Å². The van der Waals surface area contributed by atoms with Gasteiger partial charge >= 0.3 is 5.97 Å². The molecule has 2 heterocycles. The molecule has 1 saturated heterocycles. The van der Waals surface area contributed by atoms with E-state index in [0.29, 0.717) is 18.9 Å². The van der Waals surface area contributed by atoms with Crippen LogP contribution in [0.4, 0.5) is 0 Å². The van der Waals surface area contributed by atoms with Gasteiger partial charge in [-0.3, -0.25) is 9.69 Å². The Morgan fingerprint density at radius 2 is 2.11 bits per heavy atom. The second kappa shape index (κ2) is 6.19. The third-order valence-corrected chi connectivity index (χ3v) is 3.81. The van der Waals surface area contributed by atoms with Crippen LogP contribution in [0.25, 0.3) is 0 Å². The maximum absolute atomic E-state index is 11.4. The molecular formula is C14H22N2O3. The number of hydrogen-bond acceptors (Lipinski definition) is 4. The molecule has 1 N–H and O–H groups in total. The SMILES string of the molecule is Cc1nc(CN2CCCCCCC2C(=O)O)oc1C. The lowest BCUT2D eigenvalue weighted by Gasteiger charge is -2.29. The third-order valence-electron chi connectivity index (χ3n) is 3.81. The molecule has 1 aliphatic rings. The van der Waals surface area contributed by atoms with Crippen molar-refractivity contribution in [2.45, 2.75) is 58.5 Å². The van der Waals surface area contributed by atoms with E-state index in [1.807, 2.05) is 18.7 Å². The molecular weight excluding hydrogens is 244 g/mol. The predicted octanol–water partition coefficient (Wildman–Crippen LogP) is 2.51. The minimum Gasteiger partial charge on any atom is -0.480 e. The number of carboxylic acids is 1. The fourth-order valence-electron chi connectivity index (χ4n) is 2.59. The summed E-state index contributed by atoms with van der Waals surface area (Å²) in [5, 5.41) is 9.37. The molecule has 1 unspecified atom stereocenters. The molecule has 0 bridgehead atoms. The maximum atomic E-state index is 11.4. The molecule has 5 heteroatoms. The summed E-state index contributed by atoms with van der Waals surface area (Å²) in [4.78, 5) is 17.7. The number of nitrogens with zero attached hydrogens (tertiary/aromatic N) is 2. The Bertz CT molecular complexity index is 422. The summed E-state index contributed by atoms with van der Waals surface area (Å²) in [5.41, 5.74) is 0.883. The fourth-order valence-corrected chi connectivity index (χ4v) is 2.59. The lowest BCUT2D eigenvalue weighted by atomic mass is 10.0. The Kier molecular flexibility index (Phi) is 4.58. The molecule has 1 atom stereocenters. The van der Waals surface area contributed by atoms with Crippen LogP contribution in [-0.4, -0.2) is 33.5 Å². The Morgan fingerprint density at radius 3 is 2.74 bits per heavy atom. The number of carboxylic acid groups (broad SMARTS) is 1. The summed E-state index contributed by atoms with van der Waals surface area (Å²) in [6.07, 6.45) is 5.05. The first-order chi connectivity index (χ1) is 9.08. The summed E-state index contributed by atoms with van der Waals surface area (Å²) >= 11 is 0. The molecule has 5 nitrogen and oxygen atoms in total. The van der Waals surface area contributed by atoms with Crippen molar-refractivity contribution in [3.05, 3.63) is 17.3 Å². The van der Waals surface area contributed by atoms with Gasteiger partial charge in [0, 0.05) is 0 Å². The van der Waals surface area contributed by atoms with Crippen LogP contribution in [0.15, 0.2) is 4.42 Å². The number of likely N-dealkylation sites (tertiary alicyclic amines) is 1. The second-order valence-corrected chi connectivity index (χ2v) is 5.28. The number of aryl methyl sites for hydroxylation is 2. The van der Waals surface area contributed by atoms with Crippen molar-refractivity contribution in [3.63, 3.8) is 0 Å². The van der Waals surface area contributed by atoms with Crippen molar-refractivity contribution >= 4 is 5.97 Å². The zero-order valence-corrected chi connectivity index (χ0v) is 11.7. The number of aromatic nitrogens is 1. The molecule has 1 aromatic heterocycles. The van der Waals surface area contributed by atoms with Gasteiger partial charge in [-0.2, -0.15) is 0 Å². The quantitative estimate of drug-likeness (QED) is 0.910. The van der Waals surface area contributed by atoms with Crippen molar-refractivity contribution in [1.29, 1.82) is 0 Å². The number of aliphatic carboxylic acids is 1. The normalized spacial score (nSPS) is 21.9. The van der Waals surface area contributed by atoms with E-state index in [9.17, 15) is 9.90 Å². The average Bonchev–Trinajstić information content (AvgIpc) is 2.61. The largest absolute Gasteiger partial charge is 0.480 e. The standard InChI is InChI=1S/C14H22N2O3/c1-10-11(2)19-13(15-10)9-16-8-6-4-3-5-7-12(16)14(17)18/h12H,3-9H2,1-2H3,(H,17,18). The van der Waals surface area contributed by atoms with Crippen LogP contribution in [-0.2, 0) is 11.3 Å². The highest BCUT2D eigenvalue weighted by Crippen LogP contribution is 2.20. The van der Waals surface area contributed by atoms with E-state index in [-0.39, 0.29) is 0 Å². The Hall–Kier alpha value is -1.36. The first-order valence-corrected chi connectivity index (χ1v) is 6.97. The number of hydrogen-bond donors (Lipinski definition) is 1. The van der Waals surface area contributed by atoms with Crippen LogP contribution in [0.1, 0.15) is 49.4 Å². The Morgan fingerprint density at radius 1 is 1.37 bits per heavy atom. The number of oxazole rings is 1. The summed E-state index contributed by atoms with van der Waals surface area (Å²) in [5.74, 6) is 0.706. The molecule has 1 aliphatic heterocycles. The van der Waals surface area contributed by atoms with Crippen molar-refractivity contribution in [2.75, 3.05) is 6.54 Å². The summed E-state index contributed by atoms with van der Waals surface area (Å²) in [7, 11) is 0. The van der Waals surface area contributed by atoms with Crippen LogP contribution in [0, 0.1) is 13.8 Å². The molecule has 1 fully saturated rings. The van der Waals surface area contributed by atoms with E-state index in [2.05, 4.69) is 4.98 Å². The van der Waals surface area contributed by atoms with Gasteiger partial charge in [-0.05, 0) is 33.2 Å². The molecule has 106 valence electrons. The zero-order chi connectivity index (χ0) is 13.8. The fraction of sp³-hybridized carbons (Fsp3) is 0.714. The van der Waals surface area contributed by atoms with Gasteiger partial charge < -0.3 is 9.52 Å². The third kappa shape index (κ3) is 3.56. The lowest BCUT2D eigenvalue weighted by Crippen LogP contribution is -2.42. The first kappa shape index (κ1) is 14.1. The van der Waals surface area contributed by atoms with Crippen molar-refractivity contribution in [2.24, 2.45) is 0 Å². The van der Waals surface area contributed by atoms with Crippen LogP contribution < -0.4 is 0 Å². The van der Waals surface area contributed by atoms with E-state index < -0.39 is 12.0 Å². The van der Waals surface area contributed by atoms with E-state index >= 15 is 0 Å². The van der Waals surface area contributed by atoms with Gasteiger partial charge in [0.15, 0.2) is 0 Å². The summed E-state index contributed by atoms with van der Waals surface area (Å²) < 4.78 is 5.57. The smallest absolute Gasteiger partial charge is 0.320 e. The molecule has 19 heavy (non-hydrogen) atoms. The summed E-state index contributed by atoms with van der Waals surface area (Å²) in [6, 6.07) is -0.409. The topological polar surface area (TPSA) is 66.6 Å². The molecule has 0 amide bonds. The van der Waals surface area contributed by atoms with Crippen LogP contribution in [0.5, 0.6) is 0 Å². The predicted molar refractivity (Wildman–Crippen MR) is 70.9 cm³/mol. The van der Waals surface area contributed by atoms with Crippen molar-refractivity contribution < 1.29 is 14.3 Å². The van der Waals surface area contributed by atoms with Gasteiger partial charge in [0.25, 0.3) is 0 Å². The van der Waals surface area contributed by atoms with E-state index in [0.717, 1.165) is 37.3 Å². The van der Waals surface area contributed by atoms with Crippen LogP contribution in [0.2, 0.25) is 0 Å². The maximum Gasteiger partial charge on any atom is 0.320 e. The van der Waals surface area contributed by atoms with E-state index in [4.69, 9.17) is 4.42 Å². The van der Waals surface area contributed by atoms with E-state index in [1.165, 1.54) is 6.42 Å². The first-order valence-electron chi connectivity index (χ1n) is 6.97. The minimum atomic E-state index is -0.734. The minimum absolute atomic E-state index is 0.409. The molecule has 1 aromatic rings. The Labute approximate surface area is 113 Å². The lowest BCUT2D eigenvalue weighted by molar-refractivity contribution is -0.144. The average molecular weight is 266 g/mol. The van der Waals surface area contributed by atoms with Gasteiger partial charge in [0.2, 0.25) is 5.89 Å². The van der Waals surface area contributed by atoms with E-state index in [1.54, 1.807) is 0 Å². The zero-order valence-electron chi connectivity index (χ0n) is 11.7. The van der Waals surface area contributed by atoms with Gasteiger partial charge in [-0.25, -0.2) is 4.98 Å². The van der Waals surface area contributed by atoms with Gasteiger partial charge in [0.1, 0.15) is 11.8 Å². The highest BCUT2D eigenvalue weighted by atomic mass is 16.4. The molecule has 0 aromatic carbocycles.